The number of para-hydroxylation sites is 1. The smallest absolute Gasteiger partial charge is 0.165 e. The Labute approximate surface area is 101 Å². The van der Waals surface area contributed by atoms with E-state index in [1.165, 1.54) is 12.1 Å². The Kier molecular flexibility index (Phi) is 6.54. The van der Waals surface area contributed by atoms with Crippen molar-refractivity contribution in [1.29, 1.82) is 0 Å². The molecular weight excluding hydrogens is 223 g/mol. The number of benzene rings is 1. The fourth-order valence-electron chi connectivity index (χ4n) is 1.30. The summed E-state index contributed by atoms with van der Waals surface area (Å²) in [6.07, 6.45) is 0.202. The molecular formula is C12H19FN2O2. The summed E-state index contributed by atoms with van der Waals surface area (Å²) in [6, 6.07) is 6.13. The Morgan fingerprint density at radius 3 is 2.88 bits per heavy atom. The highest BCUT2D eigenvalue weighted by molar-refractivity contribution is 5.23. The van der Waals surface area contributed by atoms with Crippen LogP contribution in [0.15, 0.2) is 24.3 Å². The molecule has 0 aliphatic carbocycles. The van der Waals surface area contributed by atoms with Crippen molar-refractivity contribution in [3.63, 3.8) is 0 Å². The molecule has 0 saturated carbocycles. The molecule has 5 heteroatoms. The molecule has 0 amide bonds. The zero-order valence-electron chi connectivity index (χ0n) is 9.73. The zero-order chi connectivity index (χ0) is 12.5. The summed E-state index contributed by atoms with van der Waals surface area (Å²) in [6.45, 7) is 1.85. The van der Waals surface area contributed by atoms with Gasteiger partial charge in [-0.1, -0.05) is 12.1 Å². The van der Waals surface area contributed by atoms with Gasteiger partial charge in [-0.25, -0.2) is 4.39 Å². The SMILES string of the molecule is NCCCNCC(O)COc1ccccc1F. The van der Waals surface area contributed by atoms with Gasteiger partial charge in [0.1, 0.15) is 12.7 Å². The highest BCUT2D eigenvalue weighted by Crippen LogP contribution is 2.15. The van der Waals surface area contributed by atoms with E-state index in [1.807, 2.05) is 0 Å². The standard InChI is InChI=1S/C12H19FN2O2/c13-11-4-1-2-5-12(11)17-9-10(16)8-15-7-3-6-14/h1-2,4-5,10,15-16H,3,6-9,14H2. The van der Waals surface area contributed by atoms with Gasteiger partial charge in [0.15, 0.2) is 11.6 Å². The van der Waals surface area contributed by atoms with E-state index in [0.717, 1.165) is 13.0 Å². The molecule has 96 valence electrons. The van der Waals surface area contributed by atoms with E-state index in [-0.39, 0.29) is 12.4 Å². The van der Waals surface area contributed by atoms with E-state index < -0.39 is 11.9 Å². The monoisotopic (exact) mass is 242 g/mol. The lowest BCUT2D eigenvalue weighted by molar-refractivity contribution is 0.104. The van der Waals surface area contributed by atoms with E-state index in [4.69, 9.17) is 10.5 Å². The summed E-state index contributed by atoms with van der Waals surface area (Å²) >= 11 is 0. The molecule has 1 rings (SSSR count). The van der Waals surface area contributed by atoms with E-state index in [9.17, 15) is 9.50 Å². The fraction of sp³-hybridized carbons (Fsp3) is 0.500. The van der Waals surface area contributed by atoms with Crippen LogP contribution in [0.1, 0.15) is 6.42 Å². The second-order valence-corrected chi connectivity index (χ2v) is 3.74. The largest absolute Gasteiger partial charge is 0.488 e. The third-order valence-electron chi connectivity index (χ3n) is 2.21. The minimum absolute atomic E-state index is 0.0660. The lowest BCUT2D eigenvalue weighted by Gasteiger charge is -2.13. The number of aliphatic hydroxyl groups is 1. The summed E-state index contributed by atoms with van der Waals surface area (Å²) in [5.41, 5.74) is 5.33. The first kappa shape index (κ1) is 13.9. The number of hydrogen-bond donors (Lipinski definition) is 3. The van der Waals surface area contributed by atoms with Crippen LogP contribution in [0.3, 0.4) is 0 Å². The maximum Gasteiger partial charge on any atom is 0.165 e. The highest BCUT2D eigenvalue weighted by atomic mass is 19.1. The molecule has 1 aromatic rings. The molecule has 0 aliphatic heterocycles. The summed E-state index contributed by atoms with van der Waals surface area (Å²) in [5.74, 6) is -0.260. The van der Waals surface area contributed by atoms with Crippen LogP contribution < -0.4 is 15.8 Å². The first-order chi connectivity index (χ1) is 8.24. The van der Waals surface area contributed by atoms with Crippen molar-refractivity contribution in [3.8, 4) is 5.75 Å². The number of nitrogens with one attached hydrogen (secondary N) is 1. The number of nitrogens with two attached hydrogens (primary N) is 1. The summed E-state index contributed by atoms with van der Waals surface area (Å²) in [5, 5.41) is 12.6. The third kappa shape index (κ3) is 5.63. The lowest BCUT2D eigenvalue weighted by atomic mass is 10.3. The Hall–Kier alpha value is -1.17. The lowest BCUT2D eigenvalue weighted by Crippen LogP contribution is -2.32. The Morgan fingerprint density at radius 2 is 2.18 bits per heavy atom. The second kappa shape index (κ2) is 8.00. The van der Waals surface area contributed by atoms with Crippen molar-refractivity contribution in [2.45, 2.75) is 12.5 Å². The zero-order valence-corrected chi connectivity index (χ0v) is 9.73. The molecule has 17 heavy (non-hydrogen) atoms. The molecule has 0 aromatic heterocycles. The molecule has 1 unspecified atom stereocenters. The molecule has 1 aromatic carbocycles. The van der Waals surface area contributed by atoms with Gasteiger partial charge in [-0.15, -0.1) is 0 Å². The average Bonchev–Trinajstić information content (AvgIpc) is 2.34. The minimum atomic E-state index is -0.660. The van der Waals surface area contributed by atoms with Gasteiger partial charge >= 0.3 is 0 Å². The van der Waals surface area contributed by atoms with Crippen LogP contribution in [-0.4, -0.2) is 37.5 Å². The molecule has 0 fully saturated rings. The number of ether oxygens (including phenoxy) is 1. The van der Waals surface area contributed by atoms with Crippen LogP contribution in [0.5, 0.6) is 5.75 Å². The second-order valence-electron chi connectivity index (χ2n) is 3.74. The molecule has 0 bridgehead atoms. The van der Waals surface area contributed by atoms with E-state index in [1.54, 1.807) is 12.1 Å². The first-order valence-electron chi connectivity index (χ1n) is 5.70. The van der Waals surface area contributed by atoms with Crippen LogP contribution in [0.25, 0.3) is 0 Å². The van der Waals surface area contributed by atoms with Gasteiger partial charge in [0.2, 0.25) is 0 Å². The van der Waals surface area contributed by atoms with Crippen LogP contribution in [-0.2, 0) is 0 Å². The van der Waals surface area contributed by atoms with Crippen molar-refractivity contribution in [2.24, 2.45) is 5.73 Å². The van der Waals surface area contributed by atoms with Crippen molar-refractivity contribution >= 4 is 0 Å². The van der Waals surface area contributed by atoms with Crippen LogP contribution in [0.4, 0.5) is 4.39 Å². The van der Waals surface area contributed by atoms with Crippen LogP contribution >= 0.6 is 0 Å². The van der Waals surface area contributed by atoms with Crippen molar-refractivity contribution in [1.82, 2.24) is 5.32 Å². The topological polar surface area (TPSA) is 67.5 Å². The Morgan fingerprint density at radius 1 is 1.41 bits per heavy atom. The predicted octanol–water partition coefficient (Wildman–Crippen LogP) is 0.504. The summed E-state index contributed by atoms with van der Waals surface area (Å²) < 4.78 is 18.3. The summed E-state index contributed by atoms with van der Waals surface area (Å²) in [4.78, 5) is 0. The highest BCUT2D eigenvalue weighted by Gasteiger charge is 2.06. The molecule has 0 aliphatic rings. The Balaban J connectivity index is 2.19. The predicted molar refractivity (Wildman–Crippen MR) is 64.4 cm³/mol. The van der Waals surface area contributed by atoms with Gasteiger partial charge in [0.05, 0.1) is 0 Å². The molecule has 0 spiro atoms. The molecule has 0 radical (unpaired) electrons. The molecule has 0 heterocycles. The number of rotatable bonds is 8. The van der Waals surface area contributed by atoms with Crippen LogP contribution in [0.2, 0.25) is 0 Å². The summed E-state index contributed by atoms with van der Waals surface area (Å²) in [7, 11) is 0. The number of halogens is 1. The Bertz CT molecular complexity index is 323. The van der Waals surface area contributed by atoms with Gasteiger partial charge in [-0.3, -0.25) is 0 Å². The van der Waals surface area contributed by atoms with E-state index >= 15 is 0 Å². The van der Waals surface area contributed by atoms with Crippen molar-refractivity contribution in [2.75, 3.05) is 26.2 Å². The van der Waals surface area contributed by atoms with E-state index in [2.05, 4.69) is 5.32 Å². The van der Waals surface area contributed by atoms with Gasteiger partial charge in [-0.2, -0.15) is 0 Å². The molecule has 0 saturated heterocycles. The first-order valence-corrected chi connectivity index (χ1v) is 5.70. The van der Waals surface area contributed by atoms with Gasteiger partial charge in [0.25, 0.3) is 0 Å². The molecule has 4 nitrogen and oxygen atoms in total. The van der Waals surface area contributed by atoms with Crippen molar-refractivity contribution in [3.05, 3.63) is 30.1 Å². The van der Waals surface area contributed by atoms with Gasteiger partial charge < -0.3 is 20.9 Å². The maximum absolute atomic E-state index is 13.2. The quantitative estimate of drug-likeness (QED) is 0.581. The third-order valence-corrected chi connectivity index (χ3v) is 2.21. The van der Waals surface area contributed by atoms with Crippen LogP contribution in [0, 0.1) is 5.82 Å². The number of hydrogen-bond acceptors (Lipinski definition) is 4. The number of aliphatic hydroxyl groups excluding tert-OH is 1. The fourth-order valence-corrected chi connectivity index (χ4v) is 1.30. The molecule has 4 N–H and O–H groups in total. The molecule has 1 atom stereocenters. The van der Waals surface area contributed by atoms with Crippen molar-refractivity contribution < 1.29 is 14.2 Å². The normalized spacial score (nSPS) is 12.4. The van der Waals surface area contributed by atoms with E-state index in [0.29, 0.717) is 13.1 Å². The van der Waals surface area contributed by atoms with Gasteiger partial charge in [-0.05, 0) is 31.6 Å². The maximum atomic E-state index is 13.2. The van der Waals surface area contributed by atoms with Gasteiger partial charge in [0, 0.05) is 6.54 Å². The average molecular weight is 242 g/mol. The minimum Gasteiger partial charge on any atom is -0.488 e.